The molecule has 2 aliphatic rings. The number of guanidine groups is 1. The van der Waals surface area contributed by atoms with Crippen LogP contribution in [0.1, 0.15) is 38.2 Å². The smallest absolute Gasteiger partial charge is 0.193 e. The molecule has 1 unspecified atom stereocenters. The van der Waals surface area contributed by atoms with Crippen molar-refractivity contribution in [3.05, 3.63) is 18.0 Å². The minimum atomic E-state index is 0. The molecule has 0 saturated carbocycles. The third-order valence-electron chi connectivity index (χ3n) is 5.61. The van der Waals surface area contributed by atoms with Crippen LogP contribution in [-0.4, -0.2) is 73.2 Å². The Kier molecular flexibility index (Phi) is 11.3. The number of rotatable bonds is 9. The number of aliphatic imine (C=N–C) groups is 1. The van der Waals surface area contributed by atoms with Gasteiger partial charge in [-0.2, -0.15) is 5.10 Å². The first-order valence-electron chi connectivity index (χ1n) is 10.9. The van der Waals surface area contributed by atoms with Crippen LogP contribution in [0, 0.1) is 11.8 Å². The number of likely N-dealkylation sites (tertiary alicyclic amines) is 1. The summed E-state index contributed by atoms with van der Waals surface area (Å²) in [6, 6.07) is 0. The lowest BCUT2D eigenvalue weighted by atomic mass is 10.0. The summed E-state index contributed by atoms with van der Waals surface area (Å²) in [4.78, 5) is 7.25. The van der Waals surface area contributed by atoms with E-state index in [1.807, 2.05) is 17.9 Å². The molecule has 29 heavy (non-hydrogen) atoms. The molecular weight excluding hydrogens is 481 g/mol. The highest BCUT2D eigenvalue weighted by atomic mass is 127. The molecule has 0 bridgehead atoms. The molecule has 2 fully saturated rings. The fraction of sp³-hybridized carbons (Fsp3) is 0.810. The van der Waals surface area contributed by atoms with Crippen molar-refractivity contribution in [3.8, 4) is 0 Å². The summed E-state index contributed by atoms with van der Waals surface area (Å²) in [5.74, 6) is 2.41. The Bertz CT molecular complexity index is 604. The maximum atomic E-state index is 5.86. The summed E-state index contributed by atoms with van der Waals surface area (Å²) in [5, 5.41) is 7.75. The fourth-order valence-electron chi connectivity index (χ4n) is 4.04. The van der Waals surface area contributed by atoms with Crippen LogP contribution in [0.25, 0.3) is 0 Å². The van der Waals surface area contributed by atoms with E-state index < -0.39 is 0 Å². The largest absolute Gasteiger partial charge is 0.381 e. The third kappa shape index (κ3) is 8.41. The maximum absolute atomic E-state index is 5.86. The Balaban J connectivity index is 0.00000300. The van der Waals surface area contributed by atoms with Gasteiger partial charge in [-0.1, -0.05) is 0 Å². The van der Waals surface area contributed by atoms with Crippen LogP contribution >= 0.6 is 24.0 Å². The predicted molar refractivity (Wildman–Crippen MR) is 127 cm³/mol. The number of ether oxygens (including phenoxy) is 2. The topological polar surface area (TPSA) is 63.9 Å². The summed E-state index contributed by atoms with van der Waals surface area (Å²) < 4.78 is 13.1. The van der Waals surface area contributed by atoms with Crippen LogP contribution in [0.2, 0.25) is 0 Å². The number of aromatic nitrogens is 2. The zero-order valence-corrected chi connectivity index (χ0v) is 20.3. The Labute approximate surface area is 192 Å². The molecule has 0 radical (unpaired) electrons. The van der Waals surface area contributed by atoms with Crippen molar-refractivity contribution in [1.82, 2.24) is 20.0 Å². The van der Waals surface area contributed by atoms with Gasteiger partial charge in [-0.15, -0.1) is 24.0 Å². The summed E-state index contributed by atoms with van der Waals surface area (Å²) in [7, 11) is 1.98. The number of nitrogens with zero attached hydrogens (tertiary/aromatic N) is 4. The standard InChI is InChI=1S/C21H37N5O2.HI/c1-3-22-21(23-8-4-10-28-17-18-6-11-27-12-7-18)26-9-5-19(16-26)13-20-14-24-25(2)15-20;/h14-15,18-19H,3-13,16-17H2,1-2H3,(H,22,23);1H. The van der Waals surface area contributed by atoms with Gasteiger partial charge in [0.2, 0.25) is 0 Å². The first-order chi connectivity index (χ1) is 13.7. The van der Waals surface area contributed by atoms with Gasteiger partial charge in [-0.25, -0.2) is 0 Å². The SMILES string of the molecule is CCNC(=NCCCOCC1CCOCC1)N1CCC(Cc2cnn(C)c2)C1.I. The fourth-order valence-corrected chi connectivity index (χ4v) is 4.04. The van der Waals surface area contributed by atoms with Gasteiger partial charge in [0.25, 0.3) is 0 Å². The van der Waals surface area contributed by atoms with Gasteiger partial charge in [-0.3, -0.25) is 9.67 Å². The van der Waals surface area contributed by atoms with Gasteiger partial charge < -0.3 is 19.7 Å². The minimum Gasteiger partial charge on any atom is -0.381 e. The molecule has 2 aliphatic heterocycles. The molecule has 3 rings (SSSR count). The average Bonchev–Trinajstić information content (AvgIpc) is 3.33. The van der Waals surface area contributed by atoms with Crippen molar-refractivity contribution < 1.29 is 9.47 Å². The third-order valence-corrected chi connectivity index (χ3v) is 5.61. The zero-order valence-electron chi connectivity index (χ0n) is 18.0. The number of hydrogen-bond acceptors (Lipinski definition) is 4. The summed E-state index contributed by atoms with van der Waals surface area (Å²) in [6.07, 6.45) is 9.68. The van der Waals surface area contributed by atoms with E-state index in [0.717, 1.165) is 84.2 Å². The number of halogens is 1. The Morgan fingerprint density at radius 1 is 1.31 bits per heavy atom. The van der Waals surface area contributed by atoms with Crippen LogP contribution in [0.3, 0.4) is 0 Å². The molecule has 0 aliphatic carbocycles. The summed E-state index contributed by atoms with van der Waals surface area (Å²) in [6.45, 7) is 9.46. The van der Waals surface area contributed by atoms with Crippen LogP contribution in [0.15, 0.2) is 17.4 Å². The molecule has 1 atom stereocenters. The van der Waals surface area contributed by atoms with Crippen LogP contribution in [0.5, 0.6) is 0 Å². The van der Waals surface area contributed by atoms with Gasteiger partial charge in [0.05, 0.1) is 6.20 Å². The number of aryl methyl sites for hydroxylation is 1. The van der Waals surface area contributed by atoms with E-state index in [0.29, 0.717) is 11.8 Å². The molecule has 0 amide bonds. The molecule has 2 saturated heterocycles. The molecule has 7 nitrogen and oxygen atoms in total. The Morgan fingerprint density at radius 2 is 2.14 bits per heavy atom. The van der Waals surface area contributed by atoms with E-state index in [1.165, 1.54) is 12.0 Å². The second-order valence-electron chi connectivity index (χ2n) is 8.05. The van der Waals surface area contributed by atoms with Crippen molar-refractivity contribution >= 4 is 29.9 Å². The first-order valence-corrected chi connectivity index (χ1v) is 10.9. The maximum Gasteiger partial charge on any atom is 0.193 e. The second-order valence-corrected chi connectivity index (χ2v) is 8.05. The van der Waals surface area contributed by atoms with E-state index in [-0.39, 0.29) is 24.0 Å². The summed E-state index contributed by atoms with van der Waals surface area (Å²) >= 11 is 0. The van der Waals surface area contributed by atoms with Crippen molar-refractivity contribution in [2.24, 2.45) is 23.9 Å². The predicted octanol–water partition coefficient (Wildman–Crippen LogP) is 2.70. The van der Waals surface area contributed by atoms with E-state index in [9.17, 15) is 0 Å². The minimum absolute atomic E-state index is 0. The lowest BCUT2D eigenvalue weighted by Crippen LogP contribution is -2.40. The van der Waals surface area contributed by atoms with Crippen molar-refractivity contribution in [2.45, 2.75) is 39.0 Å². The van der Waals surface area contributed by atoms with E-state index in [1.54, 1.807) is 0 Å². The van der Waals surface area contributed by atoms with E-state index >= 15 is 0 Å². The molecule has 1 N–H and O–H groups in total. The van der Waals surface area contributed by atoms with Crippen LogP contribution < -0.4 is 5.32 Å². The van der Waals surface area contributed by atoms with Crippen LogP contribution in [-0.2, 0) is 22.9 Å². The molecule has 0 aromatic carbocycles. The van der Waals surface area contributed by atoms with Gasteiger partial charge in [-0.05, 0) is 56.4 Å². The lowest BCUT2D eigenvalue weighted by molar-refractivity contribution is 0.0205. The zero-order chi connectivity index (χ0) is 19.6. The lowest BCUT2D eigenvalue weighted by Gasteiger charge is -2.22. The molecule has 1 aromatic rings. The highest BCUT2D eigenvalue weighted by molar-refractivity contribution is 14.0. The van der Waals surface area contributed by atoms with Crippen molar-refractivity contribution in [2.75, 3.05) is 52.6 Å². The van der Waals surface area contributed by atoms with Crippen molar-refractivity contribution in [3.63, 3.8) is 0 Å². The summed E-state index contributed by atoms with van der Waals surface area (Å²) in [5.41, 5.74) is 1.33. The van der Waals surface area contributed by atoms with Gasteiger partial charge >= 0.3 is 0 Å². The Morgan fingerprint density at radius 3 is 2.86 bits per heavy atom. The Hall–Kier alpha value is -0.870. The highest BCUT2D eigenvalue weighted by Gasteiger charge is 2.25. The van der Waals surface area contributed by atoms with E-state index in [4.69, 9.17) is 14.5 Å². The highest BCUT2D eigenvalue weighted by Crippen LogP contribution is 2.20. The molecule has 8 heteroatoms. The molecule has 166 valence electrons. The normalized spacial score (nSPS) is 20.7. The monoisotopic (exact) mass is 519 g/mol. The average molecular weight is 519 g/mol. The first kappa shape index (κ1) is 24.4. The van der Waals surface area contributed by atoms with Gasteiger partial charge in [0.15, 0.2) is 5.96 Å². The van der Waals surface area contributed by atoms with Gasteiger partial charge in [0, 0.05) is 65.9 Å². The number of hydrogen-bond donors (Lipinski definition) is 1. The number of nitrogens with one attached hydrogen (secondary N) is 1. The van der Waals surface area contributed by atoms with Gasteiger partial charge in [0.1, 0.15) is 0 Å². The van der Waals surface area contributed by atoms with E-state index in [2.05, 4.69) is 28.4 Å². The van der Waals surface area contributed by atoms with Crippen molar-refractivity contribution in [1.29, 1.82) is 0 Å². The molecule has 3 heterocycles. The molecule has 1 aromatic heterocycles. The molecular formula is C21H38IN5O2. The molecule has 0 spiro atoms. The quantitative estimate of drug-likeness (QED) is 0.235. The van der Waals surface area contributed by atoms with Crippen LogP contribution in [0.4, 0.5) is 0 Å². The second kappa shape index (κ2) is 13.4.